The number of carbonyl (C=O) groups is 1. The van der Waals surface area contributed by atoms with Gasteiger partial charge in [0.1, 0.15) is 11.1 Å². The summed E-state index contributed by atoms with van der Waals surface area (Å²) in [4.78, 5) is 29.5. The lowest BCUT2D eigenvalue weighted by Gasteiger charge is -2.01. The van der Waals surface area contributed by atoms with Crippen molar-refractivity contribution < 1.29 is 9.21 Å². The van der Waals surface area contributed by atoms with E-state index in [2.05, 4.69) is 17.1 Å². The van der Waals surface area contributed by atoms with E-state index in [1.807, 2.05) is 31.5 Å². The van der Waals surface area contributed by atoms with Gasteiger partial charge in [-0.15, -0.1) is 0 Å². The molecule has 2 heterocycles. The summed E-state index contributed by atoms with van der Waals surface area (Å²) in [6, 6.07) is 12.8. The molecule has 0 saturated carbocycles. The Labute approximate surface area is 152 Å². The summed E-state index contributed by atoms with van der Waals surface area (Å²) < 4.78 is 8.18. The highest BCUT2D eigenvalue weighted by molar-refractivity contribution is 7.16. The molecule has 6 heteroatoms. The van der Waals surface area contributed by atoms with Crippen molar-refractivity contribution in [1.29, 1.82) is 0 Å². The molecule has 0 radical (unpaired) electrons. The number of nitrogens with zero attached hydrogens (tertiary/aromatic N) is 2. The highest BCUT2D eigenvalue weighted by atomic mass is 32.1. The van der Waals surface area contributed by atoms with E-state index < -0.39 is 11.5 Å². The number of para-hydroxylation sites is 1. The van der Waals surface area contributed by atoms with Crippen LogP contribution < -0.4 is 10.4 Å². The smallest absolute Gasteiger partial charge is 0.349 e. The summed E-state index contributed by atoms with van der Waals surface area (Å²) in [6.45, 7) is 4.07. The molecule has 0 aliphatic heterocycles. The maximum absolute atomic E-state index is 12.6. The molecule has 2 aromatic heterocycles. The minimum Gasteiger partial charge on any atom is -0.422 e. The molecule has 0 aliphatic rings. The fourth-order valence-corrected chi connectivity index (χ4v) is 4.34. The van der Waals surface area contributed by atoms with E-state index in [4.69, 9.17) is 4.42 Å². The lowest BCUT2D eigenvalue weighted by Crippen LogP contribution is -2.18. The molecule has 4 rings (SSSR count). The second kappa shape index (κ2) is 6.07. The molecule has 2 aromatic carbocycles. The summed E-state index contributed by atoms with van der Waals surface area (Å²) >= 11 is 1.43. The predicted octanol–water partition coefficient (Wildman–Crippen LogP) is 3.70. The Bertz CT molecular complexity index is 1310. The Hall–Kier alpha value is -2.99. The Morgan fingerprint density at radius 1 is 1.15 bits per heavy atom. The fraction of sp³-hybridized carbons (Fsp3) is 0.150. The van der Waals surface area contributed by atoms with Crippen molar-refractivity contribution in [2.24, 2.45) is 12.0 Å². The van der Waals surface area contributed by atoms with Gasteiger partial charge in [-0.2, -0.15) is 4.99 Å². The molecule has 1 amide bonds. The number of rotatable bonds is 1. The Kier molecular flexibility index (Phi) is 3.85. The molecule has 0 aliphatic carbocycles. The van der Waals surface area contributed by atoms with Crippen LogP contribution in [-0.2, 0) is 7.05 Å². The number of aryl methyl sites for hydroxylation is 3. The third kappa shape index (κ3) is 2.68. The van der Waals surface area contributed by atoms with Gasteiger partial charge < -0.3 is 8.98 Å². The molecule has 130 valence electrons. The second-order valence-electron chi connectivity index (χ2n) is 6.27. The van der Waals surface area contributed by atoms with E-state index in [1.165, 1.54) is 17.4 Å². The quantitative estimate of drug-likeness (QED) is 0.484. The van der Waals surface area contributed by atoms with Crippen molar-refractivity contribution in [3.8, 4) is 0 Å². The molecular formula is C20H16N2O3S. The number of aromatic nitrogens is 1. The largest absolute Gasteiger partial charge is 0.422 e. The Morgan fingerprint density at radius 3 is 2.73 bits per heavy atom. The first-order chi connectivity index (χ1) is 12.4. The van der Waals surface area contributed by atoms with Gasteiger partial charge in [0.25, 0.3) is 5.91 Å². The van der Waals surface area contributed by atoms with Crippen molar-refractivity contribution in [2.75, 3.05) is 0 Å². The van der Waals surface area contributed by atoms with Crippen molar-refractivity contribution in [3.63, 3.8) is 0 Å². The molecule has 0 N–H and O–H groups in total. The van der Waals surface area contributed by atoms with Gasteiger partial charge in [0.2, 0.25) is 0 Å². The number of thiazole rings is 1. The first-order valence-electron chi connectivity index (χ1n) is 8.13. The predicted molar refractivity (Wildman–Crippen MR) is 103 cm³/mol. The zero-order chi connectivity index (χ0) is 18.4. The molecule has 0 spiro atoms. The standard InChI is InChI=1S/C20H16N2O3S/c1-11-8-12(2)17-16(9-11)26-20(22(17)3)21-18(23)14-10-13-6-4-5-7-15(13)25-19(14)24/h4-10H,1-3H3. The molecule has 26 heavy (non-hydrogen) atoms. The molecule has 0 fully saturated rings. The van der Waals surface area contributed by atoms with E-state index in [0.717, 1.165) is 21.3 Å². The van der Waals surface area contributed by atoms with Gasteiger partial charge in [-0.1, -0.05) is 35.6 Å². The van der Waals surface area contributed by atoms with Crippen molar-refractivity contribution in [1.82, 2.24) is 4.57 Å². The third-order valence-corrected chi connectivity index (χ3v) is 5.38. The average Bonchev–Trinajstić information content (AvgIpc) is 2.89. The van der Waals surface area contributed by atoms with Gasteiger partial charge in [-0.25, -0.2) is 4.79 Å². The molecule has 0 bridgehead atoms. The van der Waals surface area contributed by atoms with Crippen LogP contribution in [0.3, 0.4) is 0 Å². The average molecular weight is 364 g/mol. The first kappa shape index (κ1) is 16.5. The molecule has 4 aromatic rings. The summed E-state index contributed by atoms with van der Waals surface area (Å²) in [6.07, 6.45) is 0. The summed E-state index contributed by atoms with van der Waals surface area (Å²) in [7, 11) is 1.87. The summed E-state index contributed by atoms with van der Waals surface area (Å²) in [5.41, 5.74) is 3.04. The van der Waals surface area contributed by atoms with Crippen molar-refractivity contribution in [3.05, 3.63) is 74.4 Å². The first-order valence-corrected chi connectivity index (χ1v) is 8.94. The number of amides is 1. The zero-order valence-electron chi connectivity index (χ0n) is 14.6. The molecular weight excluding hydrogens is 348 g/mol. The normalized spacial score (nSPS) is 12.2. The number of fused-ring (bicyclic) bond motifs is 2. The highest BCUT2D eigenvalue weighted by Crippen LogP contribution is 2.22. The van der Waals surface area contributed by atoms with E-state index in [-0.39, 0.29) is 5.56 Å². The van der Waals surface area contributed by atoms with Crippen LogP contribution in [0.25, 0.3) is 21.2 Å². The number of hydrogen-bond acceptors (Lipinski definition) is 4. The van der Waals surface area contributed by atoms with Crippen LogP contribution in [-0.4, -0.2) is 10.5 Å². The van der Waals surface area contributed by atoms with Gasteiger partial charge in [0.15, 0.2) is 4.80 Å². The Morgan fingerprint density at radius 2 is 1.92 bits per heavy atom. The van der Waals surface area contributed by atoms with Gasteiger partial charge in [-0.3, -0.25) is 4.79 Å². The highest BCUT2D eigenvalue weighted by Gasteiger charge is 2.14. The van der Waals surface area contributed by atoms with E-state index in [1.54, 1.807) is 18.2 Å². The second-order valence-corrected chi connectivity index (χ2v) is 7.28. The van der Waals surface area contributed by atoms with Crippen LogP contribution >= 0.6 is 11.3 Å². The number of hydrogen-bond donors (Lipinski definition) is 0. The van der Waals surface area contributed by atoms with Crippen LogP contribution in [0.5, 0.6) is 0 Å². The monoisotopic (exact) mass is 364 g/mol. The minimum absolute atomic E-state index is 0.0611. The Balaban J connectivity index is 1.89. The van der Waals surface area contributed by atoms with Crippen molar-refractivity contribution in [2.45, 2.75) is 13.8 Å². The van der Waals surface area contributed by atoms with Crippen LogP contribution in [0.15, 0.2) is 56.7 Å². The SMILES string of the molecule is Cc1cc(C)c2c(c1)sc(=NC(=O)c1cc3ccccc3oc1=O)n2C. The van der Waals surface area contributed by atoms with E-state index in [9.17, 15) is 9.59 Å². The fourth-order valence-electron chi connectivity index (χ4n) is 3.15. The number of carbonyl (C=O) groups excluding carboxylic acids is 1. The lowest BCUT2D eigenvalue weighted by atomic mass is 10.1. The maximum atomic E-state index is 12.6. The van der Waals surface area contributed by atoms with Gasteiger partial charge in [0.05, 0.1) is 10.2 Å². The van der Waals surface area contributed by atoms with Crippen molar-refractivity contribution >= 4 is 38.4 Å². The molecule has 0 unspecified atom stereocenters. The summed E-state index contributed by atoms with van der Waals surface area (Å²) in [5, 5.41) is 0.692. The molecule has 0 saturated heterocycles. The topological polar surface area (TPSA) is 64.6 Å². The minimum atomic E-state index is -0.673. The van der Waals surface area contributed by atoms with E-state index >= 15 is 0 Å². The van der Waals surface area contributed by atoms with Crippen LogP contribution in [0.2, 0.25) is 0 Å². The molecule has 5 nitrogen and oxygen atoms in total. The zero-order valence-corrected chi connectivity index (χ0v) is 15.4. The lowest BCUT2D eigenvalue weighted by molar-refractivity contribution is 0.0994. The van der Waals surface area contributed by atoms with Crippen LogP contribution in [0.1, 0.15) is 21.5 Å². The third-order valence-electron chi connectivity index (χ3n) is 4.30. The molecule has 0 atom stereocenters. The maximum Gasteiger partial charge on any atom is 0.349 e. The van der Waals surface area contributed by atoms with Gasteiger partial charge >= 0.3 is 5.63 Å². The number of benzene rings is 2. The van der Waals surface area contributed by atoms with E-state index in [0.29, 0.717) is 15.8 Å². The summed E-state index contributed by atoms with van der Waals surface area (Å²) in [5.74, 6) is -0.596. The van der Waals surface area contributed by atoms with Crippen LogP contribution in [0, 0.1) is 13.8 Å². The van der Waals surface area contributed by atoms with Gasteiger partial charge in [-0.05, 0) is 43.2 Å². The van der Waals surface area contributed by atoms with Gasteiger partial charge in [0, 0.05) is 12.4 Å². The van der Waals surface area contributed by atoms with Crippen LogP contribution in [0.4, 0.5) is 0 Å².